The van der Waals surface area contributed by atoms with E-state index in [4.69, 9.17) is 5.11 Å². The average molecular weight is 262 g/mol. The maximum absolute atomic E-state index is 11.0. The molecule has 94 valence electrons. The van der Waals surface area contributed by atoms with Crippen LogP contribution < -0.4 is 5.32 Å². The summed E-state index contributed by atoms with van der Waals surface area (Å²) in [7, 11) is 0. The van der Waals surface area contributed by atoms with E-state index in [1.165, 1.54) is 4.88 Å². The molecular weight excluding hydrogens is 248 g/mol. The number of carboxylic acids is 1. The van der Waals surface area contributed by atoms with Crippen molar-refractivity contribution in [1.29, 1.82) is 0 Å². The first-order valence-electron chi connectivity index (χ1n) is 5.67. The van der Waals surface area contributed by atoms with E-state index >= 15 is 0 Å². The van der Waals surface area contributed by atoms with Gasteiger partial charge in [0.1, 0.15) is 0 Å². The zero-order valence-electron chi connectivity index (χ0n) is 9.80. The van der Waals surface area contributed by atoms with Crippen LogP contribution in [0, 0.1) is 0 Å². The van der Waals surface area contributed by atoms with Gasteiger partial charge in [-0.05, 0) is 30.0 Å². The van der Waals surface area contributed by atoms with Crippen molar-refractivity contribution in [3.63, 3.8) is 0 Å². The molecule has 2 aromatic heterocycles. The predicted molar refractivity (Wildman–Crippen MR) is 70.9 cm³/mol. The first-order valence-corrected chi connectivity index (χ1v) is 6.55. The van der Waals surface area contributed by atoms with Crippen LogP contribution in [0.3, 0.4) is 0 Å². The van der Waals surface area contributed by atoms with E-state index in [1.807, 2.05) is 6.07 Å². The minimum atomic E-state index is -0.932. The average Bonchev–Trinajstić information content (AvgIpc) is 2.88. The highest BCUT2D eigenvalue weighted by Gasteiger charge is 2.09. The van der Waals surface area contributed by atoms with Gasteiger partial charge in [0.25, 0.3) is 0 Å². The molecule has 0 aliphatic carbocycles. The molecular formula is C13H14N2O2S. The van der Waals surface area contributed by atoms with E-state index in [9.17, 15) is 4.79 Å². The molecule has 0 saturated heterocycles. The van der Waals surface area contributed by atoms with Crippen LogP contribution in [0.15, 0.2) is 35.8 Å². The Kier molecular flexibility index (Phi) is 4.44. The van der Waals surface area contributed by atoms with Crippen LogP contribution in [-0.4, -0.2) is 22.6 Å². The smallest absolute Gasteiger partial charge is 0.337 e. The number of hydrogen-bond acceptors (Lipinski definition) is 4. The van der Waals surface area contributed by atoms with E-state index in [0.717, 1.165) is 13.0 Å². The van der Waals surface area contributed by atoms with Crippen molar-refractivity contribution in [3.05, 3.63) is 52.0 Å². The number of aromatic nitrogens is 1. The number of rotatable bonds is 6. The molecule has 0 aromatic carbocycles. The zero-order chi connectivity index (χ0) is 12.8. The second kappa shape index (κ2) is 6.28. The summed E-state index contributed by atoms with van der Waals surface area (Å²) in [5, 5.41) is 14.3. The summed E-state index contributed by atoms with van der Waals surface area (Å²) in [5.74, 6) is -0.932. The van der Waals surface area contributed by atoms with Gasteiger partial charge in [0, 0.05) is 24.2 Å². The molecule has 2 aromatic rings. The van der Waals surface area contributed by atoms with Gasteiger partial charge in [0.2, 0.25) is 0 Å². The Morgan fingerprint density at radius 2 is 2.28 bits per heavy atom. The Bertz CT molecular complexity index is 511. The van der Waals surface area contributed by atoms with Gasteiger partial charge in [-0.2, -0.15) is 0 Å². The lowest BCUT2D eigenvalue weighted by molar-refractivity contribution is 0.0695. The SMILES string of the molecule is O=C(O)c1cccnc1CNCCc1cccs1. The Morgan fingerprint density at radius 3 is 3.00 bits per heavy atom. The fourth-order valence-electron chi connectivity index (χ4n) is 1.65. The zero-order valence-corrected chi connectivity index (χ0v) is 10.6. The molecule has 0 unspecified atom stereocenters. The highest BCUT2D eigenvalue weighted by atomic mass is 32.1. The molecule has 0 spiro atoms. The summed E-state index contributed by atoms with van der Waals surface area (Å²) in [4.78, 5) is 16.4. The second-order valence-corrected chi connectivity index (χ2v) is 4.84. The molecule has 2 heterocycles. The van der Waals surface area contributed by atoms with E-state index in [-0.39, 0.29) is 5.56 Å². The van der Waals surface area contributed by atoms with Crippen molar-refractivity contribution in [2.75, 3.05) is 6.54 Å². The molecule has 0 radical (unpaired) electrons. The van der Waals surface area contributed by atoms with E-state index in [2.05, 4.69) is 21.7 Å². The Labute approximate surface area is 109 Å². The first kappa shape index (κ1) is 12.7. The minimum absolute atomic E-state index is 0.265. The van der Waals surface area contributed by atoms with E-state index in [0.29, 0.717) is 12.2 Å². The van der Waals surface area contributed by atoms with Crippen molar-refractivity contribution in [2.45, 2.75) is 13.0 Å². The summed E-state index contributed by atoms with van der Waals surface area (Å²) in [6.45, 7) is 1.30. The van der Waals surface area contributed by atoms with Crippen LogP contribution in [0.5, 0.6) is 0 Å². The number of carboxylic acid groups (broad SMARTS) is 1. The molecule has 0 aliphatic rings. The van der Waals surface area contributed by atoms with Crippen LogP contribution in [0.1, 0.15) is 20.9 Å². The largest absolute Gasteiger partial charge is 0.478 e. The minimum Gasteiger partial charge on any atom is -0.478 e. The third-order valence-corrected chi connectivity index (χ3v) is 3.48. The first-order chi connectivity index (χ1) is 8.77. The summed E-state index contributed by atoms with van der Waals surface area (Å²) in [6.07, 6.45) is 2.57. The van der Waals surface area contributed by atoms with Crippen molar-refractivity contribution >= 4 is 17.3 Å². The maximum atomic E-state index is 11.0. The van der Waals surface area contributed by atoms with Gasteiger partial charge >= 0.3 is 5.97 Å². The van der Waals surface area contributed by atoms with Crippen LogP contribution >= 0.6 is 11.3 Å². The molecule has 0 saturated carbocycles. The van der Waals surface area contributed by atoms with Gasteiger partial charge < -0.3 is 10.4 Å². The fraction of sp³-hybridized carbons (Fsp3) is 0.231. The summed E-state index contributed by atoms with van der Waals surface area (Å²) in [6, 6.07) is 7.33. The van der Waals surface area contributed by atoms with Gasteiger partial charge in [-0.15, -0.1) is 11.3 Å². The molecule has 0 aliphatic heterocycles. The quantitative estimate of drug-likeness (QED) is 0.783. The summed E-state index contributed by atoms with van der Waals surface area (Å²) >= 11 is 1.73. The molecule has 5 heteroatoms. The van der Waals surface area contributed by atoms with Crippen LogP contribution in [0.4, 0.5) is 0 Å². The van der Waals surface area contributed by atoms with Crippen LogP contribution in [-0.2, 0) is 13.0 Å². The highest BCUT2D eigenvalue weighted by molar-refractivity contribution is 7.09. The number of thiophene rings is 1. The lowest BCUT2D eigenvalue weighted by Gasteiger charge is -2.06. The van der Waals surface area contributed by atoms with Crippen LogP contribution in [0.25, 0.3) is 0 Å². The monoisotopic (exact) mass is 262 g/mol. The topological polar surface area (TPSA) is 62.2 Å². The maximum Gasteiger partial charge on any atom is 0.337 e. The van der Waals surface area contributed by atoms with E-state index < -0.39 is 5.97 Å². The van der Waals surface area contributed by atoms with Gasteiger partial charge in [0.15, 0.2) is 0 Å². The Morgan fingerprint density at radius 1 is 1.39 bits per heavy atom. The molecule has 2 N–H and O–H groups in total. The lowest BCUT2D eigenvalue weighted by Crippen LogP contribution is -2.19. The second-order valence-electron chi connectivity index (χ2n) is 3.81. The third-order valence-electron chi connectivity index (χ3n) is 2.54. The number of aromatic carboxylic acids is 1. The molecule has 0 fully saturated rings. The number of nitrogens with zero attached hydrogens (tertiary/aromatic N) is 1. The molecule has 2 rings (SSSR count). The summed E-state index contributed by atoms with van der Waals surface area (Å²) in [5.41, 5.74) is 0.845. The number of carbonyl (C=O) groups is 1. The number of hydrogen-bond donors (Lipinski definition) is 2. The lowest BCUT2D eigenvalue weighted by atomic mass is 10.2. The highest BCUT2D eigenvalue weighted by Crippen LogP contribution is 2.09. The standard InChI is InChI=1S/C13H14N2O2S/c16-13(17)11-4-1-6-15-12(11)9-14-7-5-10-3-2-8-18-10/h1-4,6,8,14H,5,7,9H2,(H,16,17). The van der Waals surface area contributed by atoms with E-state index in [1.54, 1.807) is 29.7 Å². The van der Waals surface area contributed by atoms with Crippen molar-refractivity contribution < 1.29 is 9.90 Å². The third kappa shape index (κ3) is 3.38. The molecule has 4 nitrogen and oxygen atoms in total. The molecule has 18 heavy (non-hydrogen) atoms. The van der Waals surface area contributed by atoms with Gasteiger partial charge in [-0.3, -0.25) is 4.98 Å². The molecule has 0 bridgehead atoms. The normalized spacial score (nSPS) is 10.4. The predicted octanol–water partition coefficient (Wildman–Crippen LogP) is 2.17. The Hall–Kier alpha value is -1.72. The number of nitrogens with one attached hydrogen (secondary N) is 1. The Balaban J connectivity index is 1.85. The fourth-order valence-corrected chi connectivity index (χ4v) is 2.36. The van der Waals surface area contributed by atoms with Gasteiger partial charge in [-0.1, -0.05) is 6.07 Å². The van der Waals surface area contributed by atoms with Gasteiger partial charge in [0.05, 0.1) is 11.3 Å². The summed E-state index contributed by atoms with van der Waals surface area (Å²) < 4.78 is 0. The molecule has 0 atom stereocenters. The number of pyridine rings is 1. The van der Waals surface area contributed by atoms with Crippen molar-refractivity contribution in [3.8, 4) is 0 Å². The van der Waals surface area contributed by atoms with Crippen molar-refractivity contribution in [1.82, 2.24) is 10.3 Å². The van der Waals surface area contributed by atoms with Gasteiger partial charge in [-0.25, -0.2) is 4.79 Å². The van der Waals surface area contributed by atoms with Crippen molar-refractivity contribution in [2.24, 2.45) is 0 Å². The van der Waals surface area contributed by atoms with Crippen LogP contribution in [0.2, 0.25) is 0 Å². The molecule has 0 amide bonds.